The number of hydrogen-bond acceptors (Lipinski definition) is 3. The van der Waals surface area contributed by atoms with E-state index in [2.05, 4.69) is 5.32 Å². The first-order chi connectivity index (χ1) is 11.8. The van der Waals surface area contributed by atoms with Gasteiger partial charge in [0.05, 0.1) is 10.6 Å². The number of rotatable bonds is 6. The van der Waals surface area contributed by atoms with Gasteiger partial charge in [0.15, 0.2) is 0 Å². The molecule has 1 aliphatic rings. The van der Waals surface area contributed by atoms with Gasteiger partial charge in [-0.25, -0.2) is 0 Å². The lowest BCUT2D eigenvalue weighted by atomic mass is 10.1. The molecular weight excluding hydrogens is 367 g/mol. The highest BCUT2D eigenvalue weighted by atomic mass is 35.5. The lowest BCUT2D eigenvalue weighted by Gasteiger charge is -2.26. The summed E-state index contributed by atoms with van der Waals surface area (Å²) >= 11 is 12.0. The van der Waals surface area contributed by atoms with Crippen LogP contribution in [0.15, 0.2) is 18.2 Å². The quantitative estimate of drug-likeness (QED) is 0.786. The van der Waals surface area contributed by atoms with Crippen molar-refractivity contribution >= 4 is 41.0 Å². The Morgan fingerprint density at radius 3 is 2.76 bits per heavy atom. The lowest BCUT2D eigenvalue weighted by molar-refractivity contribution is -0.137. The molecule has 1 fully saturated rings. The molecule has 0 spiro atoms. The summed E-state index contributed by atoms with van der Waals surface area (Å²) in [6.07, 6.45) is 1.58. The zero-order valence-corrected chi connectivity index (χ0v) is 15.3. The molecular formula is C17H20Cl2N2O4. The Balaban J connectivity index is 2.06. The number of likely N-dealkylation sites (tertiary alicyclic amines) is 1. The van der Waals surface area contributed by atoms with Crippen LogP contribution in [0.2, 0.25) is 10.0 Å². The van der Waals surface area contributed by atoms with Gasteiger partial charge in [0.2, 0.25) is 5.91 Å². The summed E-state index contributed by atoms with van der Waals surface area (Å²) in [5.41, 5.74) is 0.271. The maximum absolute atomic E-state index is 12.8. The van der Waals surface area contributed by atoms with Crippen molar-refractivity contribution < 1.29 is 19.5 Å². The monoisotopic (exact) mass is 386 g/mol. The fourth-order valence-corrected chi connectivity index (χ4v) is 3.22. The first kappa shape index (κ1) is 19.5. The molecule has 1 aromatic rings. The molecule has 1 heterocycles. The maximum atomic E-state index is 12.8. The molecule has 0 aliphatic carbocycles. The number of nitrogens with one attached hydrogen (secondary N) is 1. The summed E-state index contributed by atoms with van der Waals surface area (Å²) < 4.78 is 0. The number of halogens is 2. The topological polar surface area (TPSA) is 86.7 Å². The van der Waals surface area contributed by atoms with Gasteiger partial charge in [0, 0.05) is 24.0 Å². The van der Waals surface area contributed by atoms with E-state index in [1.165, 1.54) is 11.0 Å². The Labute approximate surface area is 156 Å². The molecule has 2 unspecified atom stereocenters. The summed E-state index contributed by atoms with van der Waals surface area (Å²) in [4.78, 5) is 37.4. The highest BCUT2D eigenvalue weighted by Gasteiger charge is 2.35. The Kier molecular flexibility index (Phi) is 6.67. The highest BCUT2D eigenvalue weighted by molar-refractivity contribution is 6.35. The van der Waals surface area contributed by atoms with Crippen molar-refractivity contribution in [1.29, 1.82) is 0 Å². The smallest absolute Gasteiger partial charge is 0.303 e. The number of carbonyl (C=O) groups is 3. The molecule has 2 N–H and O–H groups in total. The van der Waals surface area contributed by atoms with Gasteiger partial charge in [0.25, 0.3) is 5.91 Å². The van der Waals surface area contributed by atoms with Gasteiger partial charge in [-0.15, -0.1) is 0 Å². The van der Waals surface area contributed by atoms with Crippen LogP contribution >= 0.6 is 23.2 Å². The molecule has 0 aromatic heterocycles. The molecule has 1 saturated heterocycles. The number of carboxylic acid groups (broad SMARTS) is 1. The van der Waals surface area contributed by atoms with E-state index in [4.69, 9.17) is 28.3 Å². The van der Waals surface area contributed by atoms with Crippen molar-refractivity contribution in [3.63, 3.8) is 0 Å². The van der Waals surface area contributed by atoms with Crippen LogP contribution in [0.5, 0.6) is 0 Å². The van der Waals surface area contributed by atoms with Crippen LogP contribution in [0.25, 0.3) is 0 Å². The van der Waals surface area contributed by atoms with E-state index in [9.17, 15) is 14.4 Å². The standard InChI is InChI=1S/C17H20Cl2N2O4/c1-10(4-7-15(22)23)20-16(24)14-3-2-8-21(14)17(25)12-9-11(18)5-6-13(12)19/h5-6,9-10,14H,2-4,7-8H2,1H3,(H,20,24)(H,22,23). The number of benzene rings is 1. The van der Waals surface area contributed by atoms with Crippen molar-refractivity contribution in [2.24, 2.45) is 0 Å². The predicted octanol–water partition coefficient (Wildman–Crippen LogP) is 2.97. The Hall–Kier alpha value is -1.79. The van der Waals surface area contributed by atoms with Gasteiger partial charge in [-0.05, 0) is 44.4 Å². The average Bonchev–Trinajstić information content (AvgIpc) is 3.04. The molecule has 0 saturated carbocycles. The lowest BCUT2D eigenvalue weighted by Crippen LogP contribution is -2.48. The van der Waals surface area contributed by atoms with Gasteiger partial charge in [-0.1, -0.05) is 23.2 Å². The average molecular weight is 387 g/mol. The van der Waals surface area contributed by atoms with Crippen molar-refractivity contribution in [1.82, 2.24) is 10.2 Å². The molecule has 25 heavy (non-hydrogen) atoms. The third-order valence-electron chi connectivity index (χ3n) is 4.16. The first-order valence-electron chi connectivity index (χ1n) is 8.07. The molecule has 2 amide bonds. The van der Waals surface area contributed by atoms with E-state index in [0.29, 0.717) is 30.8 Å². The van der Waals surface area contributed by atoms with Crippen molar-refractivity contribution in [2.45, 2.75) is 44.7 Å². The molecule has 6 nitrogen and oxygen atoms in total. The largest absolute Gasteiger partial charge is 0.481 e. The number of carbonyl (C=O) groups excluding carboxylic acids is 2. The first-order valence-corrected chi connectivity index (χ1v) is 8.83. The van der Waals surface area contributed by atoms with Gasteiger partial charge in [-0.3, -0.25) is 14.4 Å². The zero-order valence-electron chi connectivity index (χ0n) is 13.8. The van der Waals surface area contributed by atoms with E-state index in [1.54, 1.807) is 19.1 Å². The fourth-order valence-electron chi connectivity index (χ4n) is 2.85. The van der Waals surface area contributed by atoms with Crippen LogP contribution < -0.4 is 5.32 Å². The summed E-state index contributed by atoms with van der Waals surface area (Å²) in [6, 6.07) is 3.77. The van der Waals surface area contributed by atoms with Crippen LogP contribution in [0.1, 0.15) is 43.0 Å². The van der Waals surface area contributed by atoms with Crippen LogP contribution in [-0.2, 0) is 9.59 Å². The number of hydrogen-bond donors (Lipinski definition) is 2. The third kappa shape index (κ3) is 5.09. The predicted molar refractivity (Wildman–Crippen MR) is 95.0 cm³/mol. The molecule has 0 radical (unpaired) electrons. The van der Waals surface area contributed by atoms with Gasteiger partial charge in [-0.2, -0.15) is 0 Å². The Bertz CT molecular complexity index is 681. The molecule has 1 aromatic carbocycles. The van der Waals surface area contributed by atoms with E-state index in [-0.39, 0.29) is 34.9 Å². The number of aliphatic carboxylic acids is 1. The van der Waals surface area contributed by atoms with Crippen LogP contribution in [-0.4, -0.2) is 46.4 Å². The Morgan fingerprint density at radius 2 is 2.08 bits per heavy atom. The van der Waals surface area contributed by atoms with Crippen molar-refractivity contribution in [3.8, 4) is 0 Å². The summed E-state index contributed by atoms with van der Waals surface area (Å²) in [7, 11) is 0. The highest BCUT2D eigenvalue weighted by Crippen LogP contribution is 2.26. The van der Waals surface area contributed by atoms with Crippen LogP contribution in [0.3, 0.4) is 0 Å². The number of amides is 2. The fraction of sp³-hybridized carbons (Fsp3) is 0.471. The van der Waals surface area contributed by atoms with Crippen LogP contribution in [0, 0.1) is 0 Å². The summed E-state index contributed by atoms with van der Waals surface area (Å²) in [5.74, 6) is -1.51. The number of nitrogens with zero attached hydrogens (tertiary/aromatic N) is 1. The van der Waals surface area contributed by atoms with E-state index in [0.717, 1.165) is 0 Å². The zero-order chi connectivity index (χ0) is 18.6. The van der Waals surface area contributed by atoms with Crippen LogP contribution in [0.4, 0.5) is 0 Å². The summed E-state index contributed by atoms with van der Waals surface area (Å²) in [6.45, 7) is 2.21. The second-order valence-corrected chi connectivity index (χ2v) is 6.97. The molecule has 2 atom stereocenters. The minimum absolute atomic E-state index is 0.0210. The number of carboxylic acids is 1. The SMILES string of the molecule is CC(CCC(=O)O)NC(=O)C1CCCN1C(=O)c1cc(Cl)ccc1Cl. The molecule has 1 aliphatic heterocycles. The van der Waals surface area contributed by atoms with Gasteiger partial charge in [0.1, 0.15) is 6.04 Å². The van der Waals surface area contributed by atoms with Crippen molar-refractivity contribution in [2.75, 3.05) is 6.54 Å². The molecule has 0 bridgehead atoms. The second-order valence-electron chi connectivity index (χ2n) is 6.12. The second kappa shape index (κ2) is 8.54. The third-order valence-corrected chi connectivity index (χ3v) is 4.72. The minimum Gasteiger partial charge on any atom is -0.481 e. The van der Waals surface area contributed by atoms with E-state index >= 15 is 0 Å². The maximum Gasteiger partial charge on any atom is 0.303 e. The van der Waals surface area contributed by atoms with Gasteiger partial charge >= 0.3 is 5.97 Å². The normalized spacial score (nSPS) is 18.0. The molecule has 136 valence electrons. The van der Waals surface area contributed by atoms with E-state index < -0.39 is 12.0 Å². The Morgan fingerprint density at radius 1 is 1.36 bits per heavy atom. The molecule has 2 rings (SSSR count). The van der Waals surface area contributed by atoms with E-state index in [1.807, 2.05) is 0 Å². The summed E-state index contributed by atoms with van der Waals surface area (Å²) in [5, 5.41) is 12.2. The van der Waals surface area contributed by atoms with Gasteiger partial charge < -0.3 is 15.3 Å². The van der Waals surface area contributed by atoms with Crippen molar-refractivity contribution in [3.05, 3.63) is 33.8 Å². The minimum atomic E-state index is -0.908. The molecule has 8 heteroatoms.